The van der Waals surface area contributed by atoms with Crippen LogP contribution < -0.4 is 10.6 Å². The normalized spacial score (nSPS) is 12.9. The minimum atomic E-state index is -0.670. The van der Waals surface area contributed by atoms with Crippen molar-refractivity contribution in [3.05, 3.63) is 30.1 Å². The Labute approximate surface area is 85.4 Å². The Balaban J connectivity index is 2.36. The SMILES string of the molecule is O=CC(=O)C1=CNc2cccc(O)c2N1. The summed E-state index contributed by atoms with van der Waals surface area (Å²) in [7, 11) is 0. The number of carbonyl (C=O) groups excluding carboxylic acids is 2. The molecule has 1 aromatic rings. The molecule has 2 rings (SSSR count). The number of hydrogen-bond acceptors (Lipinski definition) is 5. The van der Waals surface area contributed by atoms with Gasteiger partial charge in [0.05, 0.1) is 5.69 Å². The molecule has 0 radical (unpaired) electrons. The monoisotopic (exact) mass is 204 g/mol. The third kappa shape index (κ3) is 1.54. The Kier molecular flexibility index (Phi) is 2.13. The highest BCUT2D eigenvalue weighted by Crippen LogP contribution is 2.34. The zero-order chi connectivity index (χ0) is 10.8. The average Bonchev–Trinajstić information content (AvgIpc) is 2.28. The van der Waals surface area contributed by atoms with Crippen molar-refractivity contribution in [1.82, 2.24) is 0 Å². The van der Waals surface area contributed by atoms with Crippen molar-refractivity contribution in [2.24, 2.45) is 0 Å². The molecule has 0 atom stereocenters. The molecular formula is C10H8N2O3. The molecule has 0 aliphatic carbocycles. The second kappa shape index (κ2) is 3.45. The number of benzene rings is 1. The van der Waals surface area contributed by atoms with Gasteiger partial charge in [-0.2, -0.15) is 0 Å². The van der Waals surface area contributed by atoms with Crippen molar-refractivity contribution in [1.29, 1.82) is 0 Å². The lowest BCUT2D eigenvalue weighted by atomic mass is 10.2. The summed E-state index contributed by atoms with van der Waals surface area (Å²) in [4.78, 5) is 21.3. The van der Waals surface area contributed by atoms with Crippen molar-refractivity contribution in [3.8, 4) is 5.75 Å². The van der Waals surface area contributed by atoms with Crippen LogP contribution in [0.4, 0.5) is 11.4 Å². The number of allylic oxidation sites excluding steroid dienone is 1. The number of phenolic OH excluding ortho intramolecular Hbond substituents is 1. The molecule has 3 N–H and O–H groups in total. The Hall–Kier alpha value is -2.30. The van der Waals surface area contributed by atoms with Gasteiger partial charge in [-0.15, -0.1) is 0 Å². The van der Waals surface area contributed by atoms with Gasteiger partial charge in [0.15, 0.2) is 6.29 Å². The second-order valence-corrected chi connectivity index (χ2v) is 3.01. The van der Waals surface area contributed by atoms with E-state index in [2.05, 4.69) is 10.6 Å². The number of Topliss-reactive ketones (excluding diaryl/α,β-unsaturated/α-hetero) is 1. The fraction of sp³-hybridized carbons (Fsp3) is 0. The van der Waals surface area contributed by atoms with Crippen molar-refractivity contribution in [3.63, 3.8) is 0 Å². The number of rotatable bonds is 2. The first kappa shape index (κ1) is 9.26. The third-order valence-electron chi connectivity index (χ3n) is 2.05. The largest absolute Gasteiger partial charge is 0.506 e. The van der Waals surface area contributed by atoms with Crippen LogP contribution in [-0.4, -0.2) is 17.2 Å². The number of ketones is 1. The highest BCUT2D eigenvalue weighted by atomic mass is 16.3. The number of fused-ring (bicyclic) bond motifs is 1. The maximum Gasteiger partial charge on any atom is 0.242 e. The van der Waals surface area contributed by atoms with Crippen LogP contribution >= 0.6 is 0 Å². The first-order valence-electron chi connectivity index (χ1n) is 4.27. The summed E-state index contributed by atoms with van der Waals surface area (Å²) in [5, 5.41) is 15.0. The molecule has 0 unspecified atom stereocenters. The summed E-state index contributed by atoms with van der Waals surface area (Å²) >= 11 is 0. The Bertz CT molecular complexity index is 466. The molecule has 1 aliphatic rings. The van der Waals surface area contributed by atoms with Crippen LogP contribution in [-0.2, 0) is 9.59 Å². The van der Waals surface area contributed by atoms with E-state index in [1.165, 1.54) is 12.3 Å². The summed E-state index contributed by atoms with van der Waals surface area (Å²) in [6.07, 6.45) is 1.60. The van der Waals surface area contributed by atoms with Gasteiger partial charge in [0, 0.05) is 6.20 Å². The molecule has 1 aromatic carbocycles. The van der Waals surface area contributed by atoms with Gasteiger partial charge in [0.1, 0.15) is 17.1 Å². The van der Waals surface area contributed by atoms with Gasteiger partial charge in [-0.25, -0.2) is 0 Å². The van der Waals surface area contributed by atoms with Crippen LogP contribution in [0.5, 0.6) is 5.75 Å². The predicted molar refractivity (Wildman–Crippen MR) is 54.5 cm³/mol. The molecule has 0 saturated heterocycles. The zero-order valence-electron chi connectivity index (χ0n) is 7.65. The summed E-state index contributed by atoms with van der Waals surface area (Å²) in [6.45, 7) is 0. The third-order valence-corrected chi connectivity index (χ3v) is 2.05. The Morgan fingerprint density at radius 1 is 1.40 bits per heavy atom. The predicted octanol–water partition coefficient (Wildman–Crippen LogP) is 0.839. The quantitative estimate of drug-likeness (QED) is 0.378. The topological polar surface area (TPSA) is 78.4 Å². The number of carbonyl (C=O) groups is 2. The van der Waals surface area contributed by atoms with E-state index in [0.717, 1.165) is 0 Å². The maximum atomic E-state index is 11.1. The maximum absolute atomic E-state index is 11.1. The number of phenols is 1. The summed E-state index contributed by atoms with van der Waals surface area (Å²) < 4.78 is 0. The van der Waals surface area contributed by atoms with E-state index in [4.69, 9.17) is 0 Å². The van der Waals surface area contributed by atoms with E-state index in [1.54, 1.807) is 12.1 Å². The van der Waals surface area contributed by atoms with Gasteiger partial charge in [-0.3, -0.25) is 9.59 Å². The number of hydrogen-bond donors (Lipinski definition) is 3. The van der Waals surface area contributed by atoms with E-state index in [0.29, 0.717) is 11.4 Å². The zero-order valence-corrected chi connectivity index (χ0v) is 7.65. The smallest absolute Gasteiger partial charge is 0.242 e. The number of nitrogens with one attached hydrogen (secondary N) is 2. The summed E-state index contributed by atoms with van der Waals surface area (Å²) in [5.74, 6) is -0.652. The molecule has 0 aromatic heterocycles. The van der Waals surface area contributed by atoms with Crippen LogP contribution in [0.2, 0.25) is 0 Å². The lowest BCUT2D eigenvalue weighted by Gasteiger charge is -2.19. The molecule has 76 valence electrons. The van der Waals surface area contributed by atoms with Crippen LogP contribution in [0.1, 0.15) is 0 Å². The lowest BCUT2D eigenvalue weighted by molar-refractivity contribution is -0.127. The fourth-order valence-electron chi connectivity index (χ4n) is 1.31. The summed E-state index contributed by atoms with van der Waals surface area (Å²) in [5.41, 5.74) is 1.15. The number of para-hydroxylation sites is 1. The second-order valence-electron chi connectivity index (χ2n) is 3.01. The van der Waals surface area contributed by atoms with Crippen molar-refractivity contribution in [2.45, 2.75) is 0 Å². The van der Waals surface area contributed by atoms with Gasteiger partial charge in [0.2, 0.25) is 5.78 Å². The van der Waals surface area contributed by atoms with Crippen LogP contribution in [0.25, 0.3) is 0 Å². The van der Waals surface area contributed by atoms with Crippen molar-refractivity contribution in [2.75, 3.05) is 10.6 Å². The van der Waals surface area contributed by atoms with Crippen LogP contribution in [0.15, 0.2) is 30.1 Å². The Morgan fingerprint density at radius 3 is 2.93 bits per heavy atom. The van der Waals surface area contributed by atoms with Gasteiger partial charge < -0.3 is 15.7 Å². The van der Waals surface area contributed by atoms with E-state index in [1.807, 2.05) is 0 Å². The molecule has 15 heavy (non-hydrogen) atoms. The number of aldehydes is 1. The minimum absolute atomic E-state index is 0.0179. The average molecular weight is 204 g/mol. The highest BCUT2D eigenvalue weighted by molar-refractivity contribution is 6.34. The minimum Gasteiger partial charge on any atom is -0.506 e. The molecule has 0 spiro atoms. The fourth-order valence-corrected chi connectivity index (χ4v) is 1.31. The van der Waals surface area contributed by atoms with E-state index >= 15 is 0 Å². The van der Waals surface area contributed by atoms with Gasteiger partial charge >= 0.3 is 0 Å². The summed E-state index contributed by atoms with van der Waals surface area (Å²) in [6, 6.07) is 4.89. The highest BCUT2D eigenvalue weighted by Gasteiger charge is 2.17. The van der Waals surface area contributed by atoms with E-state index < -0.39 is 5.78 Å². The number of aromatic hydroxyl groups is 1. The van der Waals surface area contributed by atoms with Crippen LogP contribution in [0, 0.1) is 0 Å². The first-order chi connectivity index (χ1) is 7.22. The molecule has 1 heterocycles. The van der Waals surface area contributed by atoms with E-state index in [-0.39, 0.29) is 17.7 Å². The molecule has 0 bridgehead atoms. The molecule has 5 heteroatoms. The molecule has 1 aliphatic heterocycles. The Morgan fingerprint density at radius 2 is 2.20 bits per heavy atom. The standard InChI is InChI=1S/C10H8N2O3/c13-5-9(15)7-4-11-6-2-1-3-8(14)10(6)12-7/h1-5,11-12,14H. The van der Waals surface area contributed by atoms with Gasteiger partial charge in [0.25, 0.3) is 0 Å². The molecule has 0 fully saturated rings. The van der Waals surface area contributed by atoms with Gasteiger partial charge in [-0.1, -0.05) is 6.07 Å². The lowest BCUT2D eigenvalue weighted by Crippen LogP contribution is -2.18. The first-order valence-corrected chi connectivity index (χ1v) is 4.27. The van der Waals surface area contributed by atoms with Crippen molar-refractivity contribution < 1.29 is 14.7 Å². The van der Waals surface area contributed by atoms with Gasteiger partial charge in [-0.05, 0) is 12.1 Å². The molecule has 5 nitrogen and oxygen atoms in total. The molecule has 0 amide bonds. The van der Waals surface area contributed by atoms with Crippen molar-refractivity contribution >= 4 is 23.4 Å². The number of anilines is 2. The van der Waals surface area contributed by atoms with E-state index in [9.17, 15) is 14.7 Å². The molecule has 0 saturated carbocycles. The van der Waals surface area contributed by atoms with Crippen LogP contribution in [0.3, 0.4) is 0 Å². The molecular weight excluding hydrogens is 196 g/mol.